The van der Waals surface area contributed by atoms with Gasteiger partial charge in [-0.1, -0.05) is 17.7 Å². The first-order chi connectivity index (χ1) is 20.3. The Morgan fingerprint density at radius 2 is 1.81 bits per heavy atom. The van der Waals surface area contributed by atoms with Gasteiger partial charge in [0.15, 0.2) is 5.13 Å². The predicted molar refractivity (Wildman–Crippen MR) is 162 cm³/mol. The molecule has 2 aliphatic heterocycles. The van der Waals surface area contributed by atoms with Crippen LogP contribution in [0.2, 0.25) is 0 Å². The summed E-state index contributed by atoms with van der Waals surface area (Å²) in [6.07, 6.45) is 3.41. The summed E-state index contributed by atoms with van der Waals surface area (Å²) in [5, 5.41) is 21.8. The molecular formula is C33H36N4O4S. The van der Waals surface area contributed by atoms with Gasteiger partial charge in [-0.15, -0.1) is 11.3 Å². The number of carboxylic acid groups (broad SMARTS) is 1. The number of fused-ring (bicyclic) bond motifs is 2. The number of rotatable bonds is 7. The summed E-state index contributed by atoms with van der Waals surface area (Å²) in [6.45, 7) is 7.15. The molecule has 1 N–H and O–H groups in total. The molecule has 3 aromatic rings. The van der Waals surface area contributed by atoms with Crippen LogP contribution < -0.4 is 9.64 Å². The molecule has 1 aliphatic carbocycles. The van der Waals surface area contributed by atoms with E-state index in [2.05, 4.69) is 29.3 Å². The highest BCUT2D eigenvalue weighted by Crippen LogP contribution is 2.44. The number of amides is 1. The Labute approximate surface area is 250 Å². The normalized spacial score (nSPS) is 22.2. The molecule has 42 heavy (non-hydrogen) atoms. The van der Waals surface area contributed by atoms with Crippen LogP contribution in [-0.2, 0) is 11.4 Å². The Morgan fingerprint density at radius 1 is 1.07 bits per heavy atom. The fourth-order valence-corrected chi connectivity index (χ4v) is 7.67. The number of nitriles is 1. The Morgan fingerprint density at radius 3 is 2.48 bits per heavy atom. The van der Waals surface area contributed by atoms with E-state index >= 15 is 0 Å². The highest BCUT2D eigenvalue weighted by molar-refractivity contribution is 7.14. The second-order valence-corrected chi connectivity index (χ2v) is 12.8. The molecule has 8 nitrogen and oxygen atoms in total. The van der Waals surface area contributed by atoms with Gasteiger partial charge in [0.25, 0.3) is 5.91 Å². The van der Waals surface area contributed by atoms with Gasteiger partial charge in [-0.3, -0.25) is 9.59 Å². The van der Waals surface area contributed by atoms with Crippen LogP contribution in [-0.4, -0.2) is 53.0 Å². The lowest BCUT2D eigenvalue weighted by atomic mass is 9.85. The molecule has 2 aromatic carbocycles. The van der Waals surface area contributed by atoms with Crippen LogP contribution in [0.5, 0.6) is 5.75 Å². The summed E-state index contributed by atoms with van der Waals surface area (Å²) in [7, 11) is 0. The fraction of sp³-hybridized carbons (Fsp3) is 0.455. The zero-order valence-corrected chi connectivity index (χ0v) is 24.9. The van der Waals surface area contributed by atoms with Gasteiger partial charge in [-0.05, 0) is 86.8 Å². The molecule has 3 heterocycles. The topological polar surface area (TPSA) is 107 Å². The van der Waals surface area contributed by atoms with Crippen LogP contribution in [0.1, 0.15) is 52.7 Å². The number of hydrogen-bond acceptors (Lipinski definition) is 7. The van der Waals surface area contributed by atoms with Gasteiger partial charge < -0.3 is 19.6 Å². The van der Waals surface area contributed by atoms with Crippen molar-refractivity contribution in [1.82, 2.24) is 9.88 Å². The lowest BCUT2D eigenvalue weighted by molar-refractivity contribution is -0.144. The zero-order valence-electron chi connectivity index (χ0n) is 24.1. The minimum Gasteiger partial charge on any atom is -0.488 e. The third-order valence-electron chi connectivity index (χ3n) is 9.23. The number of thiazole rings is 1. The Balaban J connectivity index is 1.14. The van der Waals surface area contributed by atoms with Crippen LogP contribution in [0.25, 0.3) is 11.3 Å². The smallest absolute Gasteiger partial charge is 0.307 e. The highest BCUT2D eigenvalue weighted by atomic mass is 32.1. The number of anilines is 1. The van der Waals surface area contributed by atoms with E-state index in [1.807, 2.05) is 42.2 Å². The Kier molecular flexibility index (Phi) is 7.91. The van der Waals surface area contributed by atoms with Gasteiger partial charge in [0.2, 0.25) is 0 Å². The number of benzene rings is 2. The number of carbonyl (C=O) groups excluding carboxylic acids is 1. The van der Waals surface area contributed by atoms with Gasteiger partial charge in [0.05, 0.1) is 17.7 Å². The van der Waals surface area contributed by atoms with Gasteiger partial charge in [-0.25, -0.2) is 4.98 Å². The standard InChI is InChI=1S/C33H36N4O4S/c1-20-3-8-29(41-18-26-7-4-23(14-21(26)2)31(38)36-11-9-22(15-34)10-12-36)27(13-20)28-19-42-33(35-28)37-16-24-5-6-25(17-37)30(24)32(39)40/h3-4,7-8,13-14,19,22,24-25,30H,5-6,9-12,16-18H2,1-2H3,(H,39,40)/t24-,25+,30+. The number of nitrogens with zero attached hydrogens (tertiary/aromatic N) is 4. The second-order valence-electron chi connectivity index (χ2n) is 12.0. The second kappa shape index (κ2) is 11.8. The summed E-state index contributed by atoms with van der Waals surface area (Å²) in [6, 6.07) is 14.2. The van der Waals surface area contributed by atoms with E-state index in [1.54, 1.807) is 11.3 Å². The van der Waals surface area contributed by atoms with Crippen LogP contribution in [0.4, 0.5) is 5.13 Å². The van der Waals surface area contributed by atoms with E-state index in [0.717, 1.165) is 77.6 Å². The lowest BCUT2D eigenvalue weighted by Crippen LogP contribution is -2.44. The van der Waals surface area contributed by atoms with E-state index in [0.29, 0.717) is 25.3 Å². The van der Waals surface area contributed by atoms with E-state index in [9.17, 15) is 14.7 Å². The minimum absolute atomic E-state index is 0.0160. The van der Waals surface area contributed by atoms with Gasteiger partial charge in [0, 0.05) is 48.6 Å². The molecule has 3 fully saturated rings. The molecule has 1 amide bonds. The third-order valence-corrected chi connectivity index (χ3v) is 10.1. The first-order valence-electron chi connectivity index (χ1n) is 14.8. The van der Waals surface area contributed by atoms with E-state index in [-0.39, 0.29) is 29.6 Å². The van der Waals surface area contributed by atoms with Crippen LogP contribution >= 0.6 is 11.3 Å². The number of aromatic nitrogens is 1. The minimum atomic E-state index is -0.656. The van der Waals surface area contributed by atoms with Crippen molar-refractivity contribution in [3.05, 3.63) is 64.0 Å². The largest absolute Gasteiger partial charge is 0.488 e. The van der Waals surface area contributed by atoms with Crippen molar-refractivity contribution in [2.24, 2.45) is 23.7 Å². The summed E-state index contributed by atoms with van der Waals surface area (Å²) < 4.78 is 6.35. The van der Waals surface area contributed by atoms with Crippen LogP contribution in [0, 0.1) is 48.9 Å². The average Bonchev–Trinajstić information content (AvgIpc) is 3.59. The van der Waals surface area contributed by atoms with Crippen molar-refractivity contribution in [3.63, 3.8) is 0 Å². The quantitative estimate of drug-likeness (QED) is 0.367. The molecule has 2 saturated heterocycles. The Bertz CT molecular complexity index is 1520. The van der Waals surface area contributed by atoms with Gasteiger partial charge in [-0.2, -0.15) is 5.26 Å². The van der Waals surface area contributed by atoms with Gasteiger partial charge in [0.1, 0.15) is 12.4 Å². The van der Waals surface area contributed by atoms with E-state index in [1.165, 1.54) is 0 Å². The first kappa shape index (κ1) is 28.2. The maximum atomic E-state index is 13.0. The van der Waals surface area contributed by atoms with Crippen molar-refractivity contribution in [2.75, 3.05) is 31.1 Å². The average molecular weight is 585 g/mol. The van der Waals surface area contributed by atoms with E-state index in [4.69, 9.17) is 15.0 Å². The number of ether oxygens (including phenoxy) is 1. The fourth-order valence-electron chi connectivity index (χ4n) is 6.83. The molecule has 1 aromatic heterocycles. The number of likely N-dealkylation sites (tertiary alicyclic amines) is 1. The summed E-state index contributed by atoms with van der Waals surface area (Å²) in [4.78, 5) is 33.9. The molecular weight excluding hydrogens is 548 g/mol. The predicted octanol–water partition coefficient (Wildman–Crippen LogP) is 5.93. The Hall–Kier alpha value is -3.90. The lowest BCUT2D eigenvalue weighted by Gasteiger charge is -2.35. The maximum Gasteiger partial charge on any atom is 0.307 e. The van der Waals surface area contributed by atoms with Crippen molar-refractivity contribution in [2.45, 2.75) is 46.1 Å². The molecule has 6 rings (SSSR count). The van der Waals surface area contributed by atoms with Crippen molar-refractivity contribution < 1.29 is 19.4 Å². The van der Waals surface area contributed by atoms with E-state index < -0.39 is 5.97 Å². The van der Waals surface area contributed by atoms with Crippen LogP contribution in [0.15, 0.2) is 41.8 Å². The number of carboxylic acids is 1. The van der Waals surface area contributed by atoms with Crippen molar-refractivity contribution in [1.29, 1.82) is 5.26 Å². The molecule has 1 saturated carbocycles. The summed E-state index contributed by atoms with van der Waals surface area (Å²) in [5.74, 6) is 0.305. The van der Waals surface area contributed by atoms with Gasteiger partial charge >= 0.3 is 5.97 Å². The third kappa shape index (κ3) is 5.60. The molecule has 9 heteroatoms. The monoisotopic (exact) mass is 584 g/mol. The number of carbonyl (C=O) groups is 2. The van der Waals surface area contributed by atoms with Crippen LogP contribution in [0.3, 0.4) is 0 Å². The number of piperidine rings is 2. The SMILES string of the molecule is Cc1ccc(OCc2ccc(C(=O)N3CCC(C#N)CC3)cc2C)c(-c2csc(N3C[C@H]4CC[C@@H](C3)[C@H]4C(=O)O)n2)c1. The number of aliphatic carboxylic acids is 1. The maximum absolute atomic E-state index is 13.0. The summed E-state index contributed by atoms with van der Waals surface area (Å²) in [5.41, 5.74) is 5.59. The number of hydrogen-bond donors (Lipinski definition) is 1. The molecule has 0 spiro atoms. The molecule has 2 bridgehead atoms. The molecule has 0 unspecified atom stereocenters. The molecule has 218 valence electrons. The molecule has 3 atom stereocenters. The van der Waals surface area contributed by atoms with Crippen molar-refractivity contribution >= 4 is 28.3 Å². The molecule has 3 aliphatic rings. The summed E-state index contributed by atoms with van der Waals surface area (Å²) >= 11 is 1.60. The number of aryl methyl sites for hydroxylation is 2. The van der Waals surface area contributed by atoms with Crippen molar-refractivity contribution in [3.8, 4) is 23.1 Å². The zero-order chi connectivity index (χ0) is 29.4. The first-order valence-corrected chi connectivity index (χ1v) is 15.6. The highest BCUT2D eigenvalue weighted by Gasteiger charge is 2.46. The molecule has 0 radical (unpaired) electrons.